The topological polar surface area (TPSA) is 41.6 Å². The maximum absolute atomic E-state index is 12.6. The minimum atomic E-state index is 0.0401. The quantitative estimate of drug-likeness (QED) is 0.700. The Morgan fingerprint density at radius 3 is 2.74 bits per heavy atom. The average Bonchev–Trinajstić information content (AvgIpc) is 2.67. The molecule has 1 aliphatic rings. The van der Waals surface area contributed by atoms with E-state index in [1.807, 2.05) is 42.5 Å². The molecule has 0 unspecified atom stereocenters. The molecule has 0 spiro atoms. The molecule has 0 bridgehead atoms. The highest BCUT2D eigenvalue weighted by molar-refractivity contribution is 6.30. The van der Waals surface area contributed by atoms with E-state index in [4.69, 9.17) is 16.3 Å². The van der Waals surface area contributed by atoms with Gasteiger partial charge in [-0.1, -0.05) is 42.5 Å². The van der Waals surface area contributed by atoms with Crippen LogP contribution < -0.4 is 10.1 Å². The van der Waals surface area contributed by atoms with E-state index in [1.54, 1.807) is 6.08 Å². The lowest BCUT2D eigenvalue weighted by atomic mass is 9.95. The number of carbonyl (C=O) groups excluding carboxylic acids is 1. The van der Waals surface area contributed by atoms with Crippen LogP contribution >= 0.6 is 11.6 Å². The van der Waals surface area contributed by atoms with Crippen LogP contribution in [0.25, 0.3) is 0 Å². The van der Waals surface area contributed by atoms with Gasteiger partial charge in [-0.3, -0.25) is 9.69 Å². The number of benzene rings is 2. The molecule has 0 radical (unpaired) electrons. The fraction of sp³-hybridized carbons (Fsp3) is 0.318. The molecular weight excluding hydrogens is 360 g/mol. The smallest absolute Gasteiger partial charge is 0.227 e. The molecule has 2 aromatic rings. The molecule has 27 heavy (non-hydrogen) atoms. The summed E-state index contributed by atoms with van der Waals surface area (Å²) in [4.78, 5) is 15.0. The molecule has 2 aromatic carbocycles. The SMILES string of the molecule is C=CCOc1cccc(NC(=O)C2CCN(Cc3cccc(Cl)c3)CC2)c1. The van der Waals surface area contributed by atoms with Gasteiger partial charge in [0.2, 0.25) is 5.91 Å². The fourth-order valence-corrected chi connectivity index (χ4v) is 3.52. The number of carbonyl (C=O) groups is 1. The average molecular weight is 385 g/mol. The summed E-state index contributed by atoms with van der Waals surface area (Å²) >= 11 is 6.06. The molecule has 142 valence electrons. The number of anilines is 1. The van der Waals surface area contributed by atoms with Crippen LogP contribution in [-0.2, 0) is 11.3 Å². The Balaban J connectivity index is 1.49. The number of hydrogen-bond donors (Lipinski definition) is 1. The molecule has 4 nitrogen and oxygen atoms in total. The van der Waals surface area contributed by atoms with Crippen LogP contribution in [0.5, 0.6) is 5.75 Å². The van der Waals surface area contributed by atoms with Crippen LogP contribution in [0.3, 0.4) is 0 Å². The zero-order valence-electron chi connectivity index (χ0n) is 15.4. The van der Waals surface area contributed by atoms with Gasteiger partial charge in [-0.05, 0) is 55.8 Å². The predicted molar refractivity (Wildman–Crippen MR) is 110 cm³/mol. The highest BCUT2D eigenvalue weighted by Crippen LogP contribution is 2.23. The van der Waals surface area contributed by atoms with Gasteiger partial charge >= 0.3 is 0 Å². The standard InChI is InChI=1S/C22H25ClN2O2/c1-2-13-27-21-8-4-7-20(15-21)24-22(26)18-9-11-25(12-10-18)16-17-5-3-6-19(23)14-17/h2-8,14-15,18H,1,9-13,16H2,(H,24,26). The molecule has 0 saturated carbocycles. The van der Waals surface area contributed by atoms with Gasteiger partial charge in [0, 0.05) is 29.2 Å². The van der Waals surface area contributed by atoms with Gasteiger partial charge in [0.1, 0.15) is 12.4 Å². The summed E-state index contributed by atoms with van der Waals surface area (Å²) in [5, 5.41) is 3.78. The Hall–Kier alpha value is -2.30. The number of rotatable bonds is 7. The predicted octanol–water partition coefficient (Wildman–Crippen LogP) is 4.76. The van der Waals surface area contributed by atoms with Crippen molar-refractivity contribution in [2.75, 3.05) is 25.0 Å². The lowest BCUT2D eigenvalue weighted by Crippen LogP contribution is -2.37. The Bertz CT molecular complexity index is 785. The first-order valence-corrected chi connectivity index (χ1v) is 9.63. The number of halogens is 1. The molecule has 1 amide bonds. The monoisotopic (exact) mass is 384 g/mol. The molecule has 0 atom stereocenters. The van der Waals surface area contributed by atoms with Gasteiger partial charge in [0.25, 0.3) is 0 Å². The van der Waals surface area contributed by atoms with Crippen LogP contribution in [0, 0.1) is 5.92 Å². The van der Waals surface area contributed by atoms with Crippen LogP contribution in [0.1, 0.15) is 18.4 Å². The Labute approximate surface area is 165 Å². The van der Waals surface area contributed by atoms with E-state index in [9.17, 15) is 4.79 Å². The van der Waals surface area contributed by atoms with E-state index >= 15 is 0 Å². The summed E-state index contributed by atoms with van der Waals surface area (Å²) < 4.78 is 5.52. The highest BCUT2D eigenvalue weighted by Gasteiger charge is 2.25. The van der Waals surface area contributed by atoms with E-state index in [-0.39, 0.29) is 11.8 Å². The lowest BCUT2D eigenvalue weighted by Gasteiger charge is -2.31. The number of hydrogen-bond acceptors (Lipinski definition) is 3. The maximum Gasteiger partial charge on any atom is 0.227 e. The lowest BCUT2D eigenvalue weighted by molar-refractivity contribution is -0.121. The van der Waals surface area contributed by atoms with E-state index in [0.717, 1.165) is 48.9 Å². The Kier molecular flexibility index (Phi) is 6.91. The van der Waals surface area contributed by atoms with E-state index < -0.39 is 0 Å². The Morgan fingerprint density at radius 1 is 1.22 bits per heavy atom. The molecule has 1 heterocycles. The second-order valence-corrected chi connectivity index (χ2v) is 7.23. The first kappa shape index (κ1) is 19.5. The molecule has 0 aliphatic carbocycles. The van der Waals surface area contributed by atoms with Crippen LogP contribution in [-0.4, -0.2) is 30.5 Å². The largest absolute Gasteiger partial charge is 0.489 e. The van der Waals surface area contributed by atoms with Gasteiger partial charge in [0.15, 0.2) is 0 Å². The molecule has 5 heteroatoms. The molecular formula is C22H25ClN2O2. The number of likely N-dealkylation sites (tertiary alicyclic amines) is 1. The second-order valence-electron chi connectivity index (χ2n) is 6.80. The molecule has 0 aromatic heterocycles. The van der Waals surface area contributed by atoms with Gasteiger partial charge in [-0.15, -0.1) is 0 Å². The van der Waals surface area contributed by atoms with Gasteiger partial charge in [-0.2, -0.15) is 0 Å². The van der Waals surface area contributed by atoms with Gasteiger partial charge < -0.3 is 10.1 Å². The molecule has 1 aliphatic heterocycles. The van der Waals surface area contributed by atoms with Crippen molar-refractivity contribution in [2.45, 2.75) is 19.4 Å². The van der Waals surface area contributed by atoms with Crippen molar-refractivity contribution in [3.05, 3.63) is 71.8 Å². The summed E-state index contributed by atoms with van der Waals surface area (Å²) in [6.45, 7) is 6.78. The van der Waals surface area contributed by atoms with Crippen molar-refractivity contribution < 1.29 is 9.53 Å². The molecule has 1 N–H and O–H groups in total. The molecule has 3 rings (SSSR count). The number of nitrogens with one attached hydrogen (secondary N) is 1. The van der Waals surface area contributed by atoms with Crippen molar-refractivity contribution in [1.29, 1.82) is 0 Å². The highest BCUT2D eigenvalue weighted by atomic mass is 35.5. The summed E-state index contributed by atoms with van der Waals surface area (Å²) in [6.07, 6.45) is 3.42. The number of amides is 1. The van der Waals surface area contributed by atoms with E-state index in [1.165, 1.54) is 5.56 Å². The van der Waals surface area contributed by atoms with Crippen LogP contribution in [0.15, 0.2) is 61.2 Å². The van der Waals surface area contributed by atoms with Crippen LogP contribution in [0.4, 0.5) is 5.69 Å². The van der Waals surface area contributed by atoms with Crippen molar-refractivity contribution >= 4 is 23.2 Å². The summed E-state index contributed by atoms with van der Waals surface area (Å²) in [6, 6.07) is 15.4. The minimum absolute atomic E-state index is 0.0401. The minimum Gasteiger partial charge on any atom is -0.489 e. The fourth-order valence-electron chi connectivity index (χ4n) is 3.31. The molecule has 1 saturated heterocycles. The maximum atomic E-state index is 12.6. The zero-order valence-corrected chi connectivity index (χ0v) is 16.1. The molecule has 1 fully saturated rings. The van der Waals surface area contributed by atoms with Crippen molar-refractivity contribution in [3.8, 4) is 5.75 Å². The number of nitrogens with zero attached hydrogens (tertiary/aromatic N) is 1. The first-order chi connectivity index (χ1) is 13.1. The summed E-state index contributed by atoms with van der Waals surface area (Å²) in [7, 11) is 0. The summed E-state index contributed by atoms with van der Waals surface area (Å²) in [5.74, 6) is 0.848. The third-order valence-corrected chi connectivity index (χ3v) is 4.96. The number of piperidine rings is 1. The van der Waals surface area contributed by atoms with Crippen LogP contribution in [0.2, 0.25) is 5.02 Å². The Morgan fingerprint density at radius 2 is 2.00 bits per heavy atom. The zero-order chi connectivity index (χ0) is 19.1. The normalized spacial score (nSPS) is 15.3. The number of ether oxygens (including phenoxy) is 1. The third kappa shape index (κ3) is 5.84. The van der Waals surface area contributed by atoms with Gasteiger partial charge in [0.05, 0.1) is 0 Å². The van der Waals surface area contributed by atoms with Crippen molar-refractivity contribution in [1.82, 2.24) is 4.90 Å². The van der Waals surface area contributed by atoms with Gasteiger partial charge in [-0.25, -0.2) is 0 Å². The van der Waals surface area contributed by atoms with E-state index in [0.29, 0.717) is 6.61 Å². The summed E-state index contributed by atoms with van der Waals surface area (Å²) in [5.41, 5.74) is 1.98. The van der Waals surface area contributed by atoms with Crippen molar-refractivity contribution in [3.63, 3.8) is 0 Å². The van der Waals surface area contributed by atoms with E-state index in [2.05, 4.69) is 22.9 Å². The van der Waals surface area contributed by atoms with Crippen molar-refractivity contribution in [2.24, 2.45) is 5.92 Å². The second kappa shape index (κ2) is 9.58. The third-order valence-electron chi connectivity index (χ3n) is 4.72. The first-order valence-electron chi connectivity index (χ1n) is 9.25.